The number of benzene rings is 1. The van der Waals surface area contributed by atoms with Crippen LogP contribution in [0.1, 0.15) is 26.3 Å². The molecule has 110 valence electrons. The van der Waals surface area contributed by atoms with Gasteiger partial charge in [-0.05, 0) is 17.7 Å². The Labute approximate surface area is 129 Å². The van der Waals surface area contributed by atoms with Gasteiger partial charge >= 0.3 is 0 Å². The first-order chi connectivity index (χ1) is 9.88. The molecule has 1 aromatic heterocycles. The van der Waals surface area contributed by atoms with E-state index in [0.29, 0.717) is 17.3 Å². The maximum Gasteiger partial charge on any atom is 0.232 e. The van der Waals surface area contributed by atoms with Crippen molar-refractivity contribution in [2.45, 2.75) is 27.3 Å². The number of rotatable bonds is 3. The Balaban J connectivity index is 2.32. The van der Waals surface area contributed by atoms with Crippen molar-refractivity contribution in [1.29, 1.82) is 0 Å². The molecule has 0 saturated heterocycles. The third-order valence-corrected chi connectivity index (χ3v) is 3.25. The van der Waals surface area contributed by atoms with Gasteiger partial charge in [-0.2, -0.15) is 0 Å². The van der Waals surface area contributed by atoms with Crippen LogP contribution in [-0.2, 0) is 11.3 Å². The second-order valence-electron chi connectivity index (χ2n) is 5.86. The van der Waals surface area contributed by atoms with E-state index in [1.807, 2.05) is 45.0 Å². The molecule has 0 aliphatic carbocycles. The zero-order valence-corrected chi connectivity index (χ0v) is 13.1. The van der Waals surface area contributed by atoms with E-state index >= 15 is 0 Å². The third kappa shape index (κ3) is 4.02. The Morgan fingerprint density at radius 2 is 1.71 bits per heavy atom. The summed E-state index contributed by atoms with van der Waals surface area (Å²) in [7, 11) is 0. The minimum absolute atomic E-state index is 0.0206. The minimum Gasteiger partial charge on any atom is -0.305 e. The van der Waals surface area contributed by atoms with E-state index < -0.39 is 5.41 Å². The van der Waals surface area contributed by atoms with Gasteiger partial charge in [-0.25, -0.2) is 9.97 Å². The van der Waals surface area contributed by atoms with Crippen LogP contribution in [0.4, 0.5) is 5.69 Å². The van der Waals surface area contributed by atoms with Gasteiger partial charge in [0, 0.05) is 10.4 Å². The van der Waals surface area contributed by atoms with Crippen LogP contribution in [0.3, 0.4) is 0 Å². The average Bonchev–Trinajstić information content (AvgIpc) is 2.46. The molecular formula is C16H18ClN3O. The smallest absolute Gasteiger partial charge is 0.232 e. The summed E-state index contributed by atoms with van der Waals surface area (Å²) < 4.78 is 0. The van der Waals surface area contributed by atoms with Crippen LogP contribution >= 0.6 is 11.6 Å². The largest absolute Gasteiger partial charge is 0.305 e. The third-order valence-electron chi connectivity index (χ3n) is 3.00. The fourth-order valence-corrected chi connectivity index (χ4v) is 2.01. The second-order valence-corrected chi connectivity index (χ2v) is 6.30. The lowest BCUT2D eigenvalue weighted by atomic mass is 9.94. The Hall–Kier alpha value is -1.94. The number of hydrogen-bond acceptors (Lipinski definition) is 3. The van der Waals surface area contributed by atoms with Crippen LogP contribution < -0.4 is 4.90 Å². The van der Waals surface area contributed by atoms with Crippen molar-refractivity contribution in [3.05, 3.63) is 53.6 Å². The van der Waals surface area contributed by atoms with Crippen molar-refractivity contribution in [2.75, 3.05) is 4.90 Å². The number of carbonyl (C=O) groups excluding carboxylic acids is 1. The maximum atomic E-state index is 12.7. The van der Waals surface area contributed by atoms with Crippen LogP contribution in [0.2, 0.25) is 5.02 Å². The monoisotopic (exact) mass is 303 g/mol. The van der Waals surface area contributed by atoms with Crippen LogP contribution in [-0.4, -0.2) is 15.9 Å². The maximum absolute atomic E-state index is 12.7. The first-order valence-corrected chi connectivity index (χ1v) is 7.07. The minimum atomic E-state index is -0.484. The zero-order chi connectivity index (χ0) is 15.5. The Kier molecular flexibility index (Phi) is 4.58. The van der Waals surface area contributed by atoms with Gasteiger partial charge in [0.05, 0.1) is 24.6 Å². The SMILES string of the molecule is CC(C)(C)C(=O)N(Cc1ccc(Cl)cc1)c1cncnc1. The molecule has 0 unspecified atom stereocenters. The molecule has 0 bridgehead atoms. The summed E-state index contributed by atoms with van der Waals surface area (Å²) >= 11 is 5.90. The molecular weight excluding hydrogens is 286 g/mol. The summed E-state index contributed by atoms with van der Waals surface area (Å²) in [5, 5.41) is 0.676. The van der Waals surface area contributed by atoms with Crippen LogP contribution in [0.15, 0.2) is 43.0 Å². The Morgan fingerprint density at radius 1 is 1.14 bits per heavy atom. The number of nitrogens with zero attached hydrogens (tertiary/aromatic N) is 3. The van der Waals surface area contributed by atoms with E-state index in [2.05, 4.69) is 9.97 Å². The summed E-state index contributed by atoms with van der Waals surface area (Å²) in [5.41, 5.74) is 1.20. The van der Waals surface area contributed by atoms with Crippen molar-refractivity contribution in [2.24, 2.45) is 5.41 Å². The van der Waals surface area contributed by atoms with Gasteiger partial charge in [-0.3, -0.25) is 4.79 Å². The lowest BCUT2D eigenvalue weighted by Gasteiger charge is -2.29. The summed E-state index contributed by atoms with van der Waals surface area (Å²) in [5.74, 6) is 0.0206. The van der Waals surface area contributed by atoms with E-state index in [9.17, 15) is 4.79 Å². The highest BCUT2D eigenvalue weighted by Gasteiger charge is 2.28. The lowest BCUT2D eigenvalue weighted by molar-refractivity contribution is -0.125. The molecule has 4 nitrogen and oxygen atoms in total. The highest BCUT2D eigenvalue weighted by molar-refractivity contribution is 6.30. The fourth-order valence-electron chi connectivity index (χ4n) is 1.89. The molecule has 2 rings (SSSR count). The molecule has 0 aliphatic heterocycles. The summed E-state index contributed by atoms with van der Waals surface area (Å²) in [6.45, 7) is 6.15. The molecule has 21 heavy (non-hydrogen) atoms. The normalized spacial score (nSPS) is 11.2. The number of halogens is 1. The van der Waals surface area contributed by atoms with Gasteiger partial charge < -0.3 is 4.90 Å². The summed E-state index contributed by atoms with van der Waals surface area (Å²) in [6.07, 6.45) is 4.74. The van der Waals surface area contributed by atoms with Gasteiger partial charge in [-0.15, -0.1) is 0 Å². The number of anilines is 1. The molecule has 1 heterocycles. The van der Waals surface area contributed by atoms with Crippen LogP contribution in [0.5, 0.6) is 0 Å². The van der Waals surface area contributed by atoms with Gasteiger partial charge in [0.25, 0.3) is 0 Å². The lowest BCUT2D eigenvalue weighted by Crippen LogP contribution is -2.39. The molecule has 0 atom stereocenters. The van der Waals surface area contributed by atoms with Gasteiger partial charge in [0.2, 0.25) is 5.91 Å². The first kappa shape index (κ1) is 15.4. The molecule has 0 N–H and O–H groups in total. The molecule has 0 spiro atoms. The van der Waals surface area contributed by atoms with Crippen LogP contribution in [0.25, 0.3) is 0 Å². The molecule has 5 heteroatoms. The highest BCUT2D eigenvalue weighted by atomic mass is 35.5. The van der Waals surface area contributed by atoms with E-state index in [1.165, 1.54) is 6.33 Å². The Morgan fingerprint density at radius 3 is 2.24 bits per heavy atom. The number of carbonyl (C=O) groups is 1. The van der Waals surface area contributed by atoms with E-state index in [0.717, 1.165) is 5.56 Å². The van der Waals surface area contributed by atoms with Gasteiger partial charge in [0.1, 0.15) is 6.33 Å². The molecule has 1 aromatic carbocycles. The van der Waals surface area contributed by atoms with E-state index in [4.69, 9.17) is 11.6 Å². The van der Waals surface area contributed by atoms with Crippen molar-refractivity contribution in [3.8, 4) is 0 Å². The topological polar surface area (TPSA) is 46.1 Å². The van der Waals surface area contributed by atoms with Crippen molar-refractivity contribution in [1.82, 2.24) is 9.97 Å². The molecule has 0 saturated carbocycles. The van der Waals surface area contributed by atoms with Crippen molar-refractivity contribution in [3.63, 3.8) is 0 Å². The number of hydrogen-bond donors (Lipinski definition) is 0. The Bertz CT molecular complexity index is 606. The molecule has 0 fully saturated rings. The molecule has 2 aromatic rings. The predicted molar refractivity (Wildman–Crippen MR) is 84.1 cm³/mol. The standard InChI is InChI=1S/C16H18ClN3O/c1-16(2,3)15(21)20(14-8-18-11-19-9-14)10-12-4-6-13(17)7-5-12/h4-9,11H,10H2,1-3H3. The van der Waals surface area contributed by atoms with Crippen molar-refractivity contribution < 1.29 is 4.79 Å². The first-order valence-electron chi connectivity index (χ1n) is 6.69. The quantitative estimate of drug-likeness (QED) is 0.868. The number of amides is 1. The highest BCUT2D eigenvalue weighted by Crippen LogP contribution is 2.24. The average molecular weight is 304 g/mol. The molecule has 0 aliphatic rings. The van der Waals surface area contributed by atoms with Crippen LogP contribution in [0, 0.1) is 5.41 Å². The van der Waals surface area contributed by atoms with E-state index in [1.54, 1.807) is 17.3 Å². The molecule has 1 amide bonds. The number of aromatic nitrogens is 2. The van der Waals surface area contributed by atoms with Gasteiger partial charge in [0.15, 0.2) is 0 Å². The zero-order valence-electron chi connectivity index (χ0n) is 12.4. The van der Waals surface area contributed by atoms with E-state index in [-0.39, 0.29) is 5.91 Å². The summed E-state index contributed by atoms with van der Waals surface area (Å²) in [6, 6.07) is 7.46. The van der Waals surface area contributed by atoms with Gasteiger partial charge in [-0.1, -0.05) is 44.5 Å². The second kappa shape index (κ2) is 6.22. The summed E-state index contributed by atoms with van der Waals surface area (Å²) in [4.78, 5) is 22.4. The molecule has 0 radical (unpaired) electrons. The predicted octanol–water partition coefficient (Wildman–Crippen LogP) is 3.71. The van der Waals surface area contributed by atoms with Crippen molar-refractivity contribution >= 4 is 23.2 Å². The fraction of sp³-hybridized carbons (Fsp3) is 0.312.